The van der Waals surface area contributed by atoms with Crippen molar-refractivity contribution < 1.29 is 4.39 Å². The predicted molar refractivity (Wildman–Crippen MR) is 56.7 cm³/mol. The highest BCUT2D eigenvalue weighted by Gasteiger charge is 2.09. The van der Waals surface area contributed by atoms with Crippen LogP contribution < -0.4 is 0 Å². The van der Waals surface area contributed by atoms with E-state index >= 15 is 0 Å². The largest absolute Gasteiger partial charge is 0.204 e. The molecular formula is C8H4BrFS2. The average Bonchev–Trinajstić information content (AvgIpc) is 2.48. The summed E-state index contributed by atoms with van der Waals surface area (Å²) in [5.74, 6) is -0.215. The van der Waals surface area contributed by atoms with Gasteiger partial charge in [0.25, 0.3) is 0 Å². The third kappa shape index (κ3) is 1.18. The van der Waals surface area contributed by atoms with Gasteiger partial charge in [-0.25, -0.2) is 4.39 Å². The van der Waals surface area contributed by atoms with Crippen LogP contribution in [0, 0.1) is 5.82 Å². The molecule has 0 spiro atoms. The van der Waals surface area contributed by atoms with Gasteiger partial charge in [0, 0.05) is 4.90 Å². The normalized spacial score (nSPS) is 10.9. The van der Waals surface area contributed by atoms with Gasteiger partial charge in [0.2, 0.25) is 0 Å². The van der Waals surface area contributed by atoms with Crippen molar-refractivity contribution in [3.8, 4) is 0 Å². The SMILES string of the molecule is Fc1c(Br)c(S)cc2ccsc12. The highest BCUT2D eigenvalue weighted by atomic mass is 79.9. The van der Waals surface area contributed by atoms with E-state index in [1.54, 1.807) is 0 Å². The smallest absolute Gasteiger partial charge is 0.156 e. The van der Waals surface area contributed by atoms with Gasteiger partial charge in [-0.3, -0.25) is 0 Å². The molecule has 0 radical (unpaired) electrons. The minimum absolute atomic E-state index is 0.215. The van der Waals surface area contributed by atoms with Gasteiger partial charge in [0.15, 0.2) is 5.82 Å². The van der Waals surface area contributed by atoms with Crippen LogP contribution in [-0.2, 0) is 0 Å². The lowest BCUT2D eigenvalue weighted by molar-refractivity contribution is 0.631. The topological polar surface area (TPSA) is 0 Å². The maximum absolute atomic E-state index is 13.4. The van der Waals surface area contributed by atoms with E-state index in [4.69, 9.17) is 0 Å². The van der Waals surface area contributed by atoms with Gasteiger partial charge in [0.05, 0.1) is 9.17 Å². The summed E-state index contributed by atoms with van der Waals surface area (Å²) in [7, 11) is 0. The van der Waals surface area contributed by atoms with E-state index in [-0.39, 0.29) is 5.82 Å². The lowest BCUT2D eigenvalue weighted by Crippen LogP contribution is -1.79. The molecule has 0 nitrogen and oxygen atoms in total. The molecular weight excluding hydrogens is 259 g/mol. The molecule has 1 heterocycles. The van der Waals surface area contributed by atoms with Crippen molar-refractivity contribution in [3.63, 3.8) is 0 Å². The minimum atomic E-state index is -0.215. The Labute approximate surface area is 86.9 Å². The van der Waals surface area contributed by atoms with E-state index in [1.165, 1.54) is 11.3 Å². The summed E-state index contributed by atoms with van der Waals surface area (Å²) in [6.07, 6.45) is 0. The van der Waals surface area contributed by atoms with E-state index in [2.05, 4.69) is 28.6 Å². The van der Waals surface area contributed by atoms with E-state index in [9.17, 15) is 4.39 Å². The van der Waals surface area contributed by atoms with Gasteiger partial charge in [-0.2, -0.15) is 0 Å². The number of benzene rings is 1. The van der Waals surface area contributed by atoms with Gasteiger partial charge in [-0.05, 0) is 38.8 Å². The molecule has 1 aromatic heterocycles. The van der Waals surface area contributed by atoms with E-state index < -0.39 is 0 Å². The number of fused-ring (bicyclic) bond motifs is 1. The van der Waals surface area contributed by atoms with Crippen LogP contribution in [0.5, 0.6) is 0 Å². The Balaban J connectivity index is 2.94. The summed E-state index contributed by atoms with van der Waals surface area (Å²) < 4.78 is 14.5. The van der Waals surface area contributed by atoms with Crippen molar-refractivity contribution in [1.82, 2.24) is 0 Å². The second kappa shape index (κ2) is 3.01. The Morgan fingerprint density at radius 1 is 1.50 bits per heavy atom. The molecule has 2 aromatic rings. The molecule has 62 valence electrons. The van der Waals surface area contributed by atoms with Crippen LogP contribution in [0.3, 0.4) is 0 Å². The quantitative estimate of drug-likeness (QED) is 0.680. The maximum atomic E-state index is 13.4. The Hall–Kier alpha value is -0.0600. The third-order valence-corrected chi connectivity index (χ3v) is 3.96. The van der Waals surface area contributed by atoms with Crippen molar-refractivity contribution in [2.75, 3.05) is 0 Å². The zero-order valence-electron chi connectivity index (χ0n) is 5.84. The van der Waals surface area contributed by atoms with Crippen molar-refractivity contribution in [1.29, 1.82) is 0 Å². The maximum Gasteiger partial charge on any atom is 0.156 e. The first-order valence-corrected chi connectivity index (χ1v) is 5.36. The Morgan fingerprint density at radius 3 is 3.00 bits per heavy atom. The first kappa shape index (κ1) is 8.53. The molecule has 0 fully saturated rings. The summed E-state index contributed by atoms with van der Waals surface area (Å²) >= 11 is 8.67. The summed E-state index contributed by atoms with van der Waals surface area (Å²) in [5.41, 5.74) is 0. The minimum Gasteiger partial charge on any atom is -0.204 e. The molecule has 1 aromatic carbocycles. The van der Waals surface area contributed by atoms with Crippen molar-refractivity contribution in [2.45, 2.75) is 4.90 Å². The fraction of sp³-hybridized carbons (Fsp3) is 0. The first-order valence-electron chi connectivity index (χ1n) is 3.24. The Kier molecular flexibility index (Phi) is 2.14. The summed E-state index contributed by atoms with van der Waals surface area (Å²) in [6, 6.07) is 3.73. The standard InChI is InChI=1S/C8H4BrFS2/c9-6-5(11)3-4-1-2-12-8(4)7(6)10/h1-3,11H. The fourth-order valence-electron chi connectivity index (χ4n) is 1.03. The van der Waals surface area contributed by atoms with E-state index in [0.717, 1.165) is 5.39 Å². The molecule has 4 heteroatoms. The predicted octanol–water partition coefficient (Wildman–Crippen LogP) is 4.09. The molecule has 0 saturated carbocycles. The van der Waals surface area contributed by atoms with Gasteiger partial charge in [-0.15, -0.1) is 24.0 Å². The molecule has 0 unspecified atom stereocenters. The second-order valence-electron chi connectivity index (χ2n) is 2.36. The van der Waals surface area contributed by atoms with Crippen LogP contribution in [-0.4, -0.2) is 0 Å². The molecule has 0 saturated heterocycles. The molecule has 0 aliphatic heterocycles. The molecule has 0 atom stereocenters. The summed E-state index contributed by atoms with van der Waals surface area (Å²) in [5, 5.41) is 2.78. The van der Waals surface area contributed by atoms with Crippen molar-refractivity contribution in [3.05, 3.63) is 27.8 Å². The lowest BCUT2D eigenvalue weighted by Gasteiger charge is -1.99. The lowest BCUT2D eigenvalue weighted by atomic mass is 10.2. The number of thiophene rings is 1. The van der Waals surface area contributed by atoms with E-state index in [0.29, 0.717) is 14.1 Å². The number of hydrogen-bond acceptors (Lipinski definition) is 2. The third-order valence-electron chi connectivity index (χ3n) is 1.60. The van der Waals surface area contributed by atoms with Crippen molar-refractivity contribution >= 4 is 50.0 Å². The zero-order valence-corrected chi connectivity index (χ0v) is 9.14. The molecule has 0 amide bonds. The number of thiol groups is 1. The molecule has 0 aliphatic rings. The van der Waals surface area contributed by atoms with Crippen LogP contribution in [0.2, 0.25) is 0 Å². The summed E-state index contributed by atoms with van der Waals surface area (Å²) in [4.78, 5) is 0.637. The Morgan fingerprint density at radius 2 is 2.25 bits per heavy atom. The molecule has 12 heavy (non-hydrogen) atoms. The Bertz CT molecular complexity index is 436. The van der Waals surface area contributed by atoms with Crippen molar-refractivity contribution in [2.24, 2.45) is 0 Å². The fourth-order valence-corrected chi connectivity index (χ4v) is 2.53. The van der Waals surface area contributed by atoms with E-state index in [1.807, 2.05) is 17.5 Å². The number of rotatable bonds is 0. The van der Waals surface area contributed by atoms with Crippen LogP contribution in [0.1, 0.15) is 0 Å². The van der Waals surface area contributed by atoms with Crippen LogP contribution in [0.4, 0.5) is 4.39 Å². The molecule has 0 aliphatic carbocycles. The second-order valence-corrected chi connectivity index (χ2v) is 4.55. The summed E-state index contributed by atoms with van der Waals surface area (Å²) in [6.45, 7) is 0. The first-order chi connectivity index (χ1) is 5.70. The molecule has 0 N–H and O–H groups in total. The van der Waals surface area contributed by atoms with Gasteiger partial charge in [0.1, 0.15) is 0 Å². The van der Waals surface area contributed by atoms with Crippen LogP contribution in [0.15, 0.2) is 26.9 Å². The van der Waals surface area contributed by atoms with Gasteiger partial charge in [-0.1, -0.05) is 0 Å². The number of halogens is 2. The highest BCUT2D eigenvalue weighted by molar-refractivity contribution is 9.10. The average molecular weight is 263 g/mol. The van der Waals surface area contributed by atoms with Gasteiger partial charge >= 0.3 is 0 Å². The van der Waals surface area contributed by atoms with Crippen LogP contribution in [0.25, 0.3) is 10.1 Å². The molecule has 2 rings (SSSR count). The highest BCUT2D eigenvalue weighted by Crippen LogP contribution is 2.33. The molecule has 0 bridgehead atoms. The van der Waals surface area contributed by atoms with Gasteiger partial charge < -0.3 is 0 Å². The monoisotopic (exact) mass is 262 g/mol. The number of hydrogen-bond donors (Lipinski definition) is 1. The zero-order chi connectivity index (χ0) is 8.72. The van der Waals surface area contributed by atoms with Crippen LogP contribution >= 0.6 is 39.9 Å².